The van der Waals surface area contributed by atoms with Crippen molar-refractivity contribution in [2.75, 3.05) is 19.8 Å². The number of nitrogens with zero attached hydrogens (tertiary/aromatic N) is 1. The molecule has 1 heterocycles. The van der Waals surface area contributed by atoms with E-state index in [1.807, 2.05) is 0 Å². The Morgan fingerprint density at radius 1 is 1.88 bits per heavy atom. The molecule has 2 amide bonds. The van der Waals surface area contributed by atoms with Gasteiger partial charge in [-0.25, -0.2) is 4.79 Å². The van der Waals surface area contributed by atoms with Crippen LogP contribution >= 0.6 is 0 Å². The van der Waals surface area contributed by atoms with E-state index in [-0.39, 0.29) is 6.03 Å². The molecule has 8 heavy (non-hydrogen) atoms. The van der Waals surface area contributed by atoms with Crippen molar-refractivity contribution in [2.45, 2.75) is 0 Å². The summed E-state index contributed by atoms with van der Waals surface area (Å²) in [5.74, 6) is 0. The van der Waals surface area contributed by atoms with Gasteiger partial charge in [-0.15, -0.1) is 0 Å². The molecule has 46 valence electrons. The summed E-state index contributed by atoms with van der Waals surface area (Å²) in [6.07, 6.45) is 0. The van der Waals surface area contributed by atoms with Crippen molar-refractivity contribution in [1.82, 2.24) is 10.2 Å². The maximum absolute atomic E-state index is 10.4. The largest absolute Gasteiger partial charge is 0.329 e. The van der Waals surface area contributed by atoms with E-state index in [2.05, 4.69) is 5.32 Å². The van der Waals surface area contributed by atoms with Gasteiger partial charge < -0.3 is 16.0 Å². The van der Waals surface area contributed by atoms with E-state index in [4.69, 9.17) is 5.73 Å². The number of nitrogens with two attached hydrogens (primary N) is 1. The van der Waals surface area contributed by atoms with Crippen molar-refractivity contribution < 1.29 is 4.79 Å². The molecular weight excluding hydrogens is 106 g/mol. The minimum absolute atomic E-state index is 0.00421. The average Bonchev–Trinajstić information content (AvgIpc) is 1.79. The molecule has 0 atom stereocenters. The second-order valence-electron chi connectivity index (χ2n) is 1.69. The summed E-state index contributed by atoms with van der Waals surface area (Å²) in [5.41, 5.74) is 5.18. The predicted octanol–water partition coefficient (Wildman–Crippen LogP) is -1.07. The van der Waals surface area contributed by atoms with Crippen LogP contribution in [0.1, 0.15) is 0 Å². The van der Waals surface area contributed by atoms with E-state index >= 15 is 0 Å². The van der Waals surface area contributed by atoms with Crippen molar-refractivity contribution in [2.24, 2.45) is 5.73 Å². The number of amides is 2. The molecule has 3 N–H and O–H groups in total. The molecule has 0 spiro atoms. The first-order valence-corrected chi connectivity index (χ1v) is 2.57. The van der Waals surface area contributed by atoms with E-state index in [1.165, 1.54) is 0 Å². The SMILES string of the molecule is NCCN1CNC1=O. The highest BCUT2D eigenvalue weighted by atomic mass is 16.2. The quantitative estimate of drug-likeness (QED) is 0.481. The minimum Gasteiger partial charge on any atom is -0.329 e. The Bertz CT molecular complexity index is 103. The highest BCUT2D eigenvalue weighted by Crippen LogP contribution is 1.94. The molecule has 1 rings (SSSR count). The van der Waals surface area contributed by atoms with Crippen LogP contribution in [0.15, 0.2) is 0 Å². The average molecular weight is 115 g/mol. The smallest absolute Gasteiger partial charge is 0.320 e. The number of carbonyl (C=O) groups excluding carboxylic acids is 1. The fourth-order valence-electron chi connectivity index (χ4n) is 0.592. The van der Waals surface area contributed by atoms with E-state index in [1.54, 1.807) is 4.90 Å². The molecule has 0 radical (unpaired) electrons. The highest BCUT2D eigenvalue weighted by Gasteiger charge is 2.20. The van der Waals surface area contributed by atoms with E-state index in [9.17, 15) is 4.79 Å². The van der Waals surface area contributed by atoms with Crippen LogP contribution in [0, 0.1) is 0 Å². The van der Waals surface area contributed by atoms with Gasteiger partial charge in [0.15, 0.2) is 0 Å². The molecule has 4 heteroatoms. The first-order chi connectivity index (χ1) is 3.84. The zero-order valence-corrected chi connectivity index (χ0v) is 4.55. The van der Waals surface area contributed by atoms with Gasteiger partial charge in [0.1, 0.15) is 0 Å². The summed E-state index contributed by atoms with van der Waals surface area (Å²) in [6, 6.07) is -0.00421. The van der Waals surface area contributed by atoms with Crippen molar-refractivity contribution >= 4 is 6.03 Å². The Labute approximate surface area is 47.6 Å². The lowest BCUT2D eigenvalue weighted by atomic mass is 10.5. The number of hydrogen-bond donors (Lipinski definition) is 2. The number of carbonyl (C=O) groups is 1. The molecule has 1 saturated heterocycles. The van der Waals surface area contributed by atoms with Crippen LogP contribution in [0.3, 0.4) is 0 Å². The fraction of sp³-hybridized carbons (Fsp3) is 0.750. The lowest BCUT2D eigenvalue weighted by Gasteiger charge is -2.31. The van der Waals surface area contributed by atoms with Gasteiger partial charge in [0, 0.05) is 13.1 Å². The van der Waals surface area contributed by atoms with Gasteiger partial charge in [-0.1, -0.05) is 0 Å². The van der Waals surface area contributed by atoms with Gasteiger partial charge in [0.2, 0.25) is 0 Å². The molecule has 1 fully saturated rings. The van der Waals surface area contributed by atoms with Crippen LogP contribution in [0.25, 0.3) is 0 Å². The maximum Gasteiger partial charge on any atom is 0.320 e. The van der Waals surface area contributed by atoms with Gasteiger partial charge in [-0.3, -0.25) is 0 Å². The van der Waals surface area contributed by atoms with Gasteiger partial charge in [-0.2, -0.15) is 0 Å². The van der Waals surface area contributed by atoms with Crippen molar-refractivity contribution in [3.63, 3.8) is 0 Å². The summed E-state index contributed by atoms with van der Waals surface area (Å²) < 4.78 is 0. The molecule has 0 saturated carbocycles. The zero-order valence-electron chi connectivity index (χ0n) is 4.55. The van der Waals surface area contributed by atoms with Gasteiger partial charge in [-0.05, 0) is 0 Å². The minimum atomic E-state index is -0.00421. The summed E-state index contributed by atoms with van der Waals surface area (Å²) in [7, 11) is 0. The third-order valence-corrected chi connectivity index (χ3v) is 1.11. The first kappa shape index (κ1) is 5.37. The lowest BCUT2D eigenvalue weighted by Crippen LogP contribution is -2.58. The van der Waals surface area contributed by atoms with Crippen molar-refractivity contribution in [1.29, 1.82) is 0 Å². The normalized spacial score (nSPS) is 17.6. The van der Waals surface area contributed by atoms with E-state index in [0.717, 1.165) is 0 Å². The second kappa shape index (κ2) is 2.00. The molecule has 1 aliphatic heterocycles. The highest BCUT2D eigenvalue weighted by molar-refractivity contribution is 5.78. The molecule has 0 aromatic carbocycles. The van der Waals surface area contributed by atoms with Gasteiger partial charge in [0.25, 0.3) is 0 Å². The van der Waals surface area contributed by atoms with Crippen LogP contribution in [0.2, 0.25) is 0 Å². The Kier molecular flexibility index (Phi) is 1.34. The van der Waals surface area contributed by atoms with Crippen LogP contribution in [-0.4, -0.2) is 30.7 Å². The number of rotatable bonds is 2. The topological polar surface area (TPSA) is 58.4 Å². The number of urea groups is 1. The Hall–Kier alpha value is -0.770. The van der Waals surface area contributed by atoms with Crippen molar-refractivity contribution in [3.8, 4) is 0 Å². The third-order valence-electron chi connectivity index (χ3n) is 1.11. The molecule has 1 aliphatic rings. The van der Waals surface area contributed by atoms with Crippen molar-refractivity contribution in [3.05, 3.63) is 0 Å². The Morgan fingerprint density at radius 3 is 2.75 bits per heavy atom. The molecule has 0 bridgehead atoms. The molecule has 0 aromatic rings. The molecule has 0 unspecified atom stereocenters. The maximum atomic E-state index is 10.4. The summed E-state index contributed by atoms with van der Waals surface area (Å²) in [4.78, 5) is 12.0. The number of nitrogens with one attached hydrogen (secondary N) is 1. The molecule has 4 nitrogen and oxygen atoms in total. The summed E-state index contributed by atoms with van der Waals surface area (Å²) in [5, 5.41) is 2.57. The number of hydrogen-bond acceptors (Lipinski definition) is 2. The Morgan fingerprint density at radius 2 is 2.62 bits per heavy atom. The predicted molar refractivity (Wildman–Crippen MR) is 29.2 cm³/mol. The fourth-order valence-corrected chi connectivity index (χ4v) is 0.592. The third kappa shape index (κ3) is 0.742. The van der Waals surface area contributed by atoms with Crippen LogP contribution in [0.5, 0.6) is 0 Å². The summed E-state index contributed by atoms with van der Waals surface area (Å²) >= 11 is 0. The van der Waals surface area contributed by atoms with Crippen LogP contribution < -0.4 is 11.1 Å². The first-order valence-electron chi connectivity index (χ1n) is 2.57. The van der Waals surface area contributed by atoms with Crippen LogP contribution in [0.4, 0.5) is 4.79 Å². The standard InChI is InChI=1S/C4H9N3O/c5-1-2-7-3-6-4(7)8/h1-3,5H2,(H,6,8). The monoisotopic (exact) mass is 115 g/mol. The lowest BCUT2D eigenvalue weighted by molar-refractivity contribution is 0.158. The Balaban J connectivity index is 2.17. The zero-order chi connectivity index (χ0) is 5.98. The van der Waals surface area contributed by atoms with Gasteiger partial charge >= 0.3 is 6.03 Å². The molecule has 0 aromatic heterocycles. The second-order valence-corrected chi connectivity index (χ2v) is 1.69. The van der Waals surface area contributed by atoms with E-state index < -0.39 is 0 Å². The van der Waals surface area contributed by atoms with Gasteiger partial charge in [0.05, 0.1) is 6.67 Å². The van der Waals surface area contributed by atoms with Crippen LogP contribution in [-0.2, 0) is 0 Å². The molecular formula is C4H9N3O. The molecule has 0 aliphatic carbocycles. The van der Waals surface area contributed by atoms with E-state index in [0.29, 0.717) is 19.8 Å². The summed E-state index contributed by atoms with van der Waals surface area (Å²) in [6.45, 7) is 1.88.